The highest BCUT2D eigenvalue weighted by atomic mass is 32.1. The molecule has 164 valence electrons. The Hall–Kier alpha value is -3.19. The van der Waals surface area contributed by atoms with E-state index >= 15 is 0 Å². The van der Waals surface area contributed by atoms with Crippen molar-refractivity contribution in [2.45, 2.75) is 39.3 Å². The maximum Gasteiger partial charge on any atom is 0.262 e. The number of hydrogen-bond acceptors (Lipinski definition) is 4. The van der Waals surface area contributed by atoms with Crippen LogP contribution in [-0.2, 0) is 17.9 Å². The normalized spacial score (nSPS) is 16.2. The van der Waals surface area contributed by atoms with Crippen LogP contribution in [0.15, 0.2) is 48.5 Å². The molecule has 1 fully saturated rings. The van der Waals surface area contributed by atoms with Gasteiger partial charge in [0.25, 0.3) is 5.91 Å². The highest BCUT2D eigenvalue weighted by Gasteiger charge is 2.31. The Labute approximate surface area is 190 Å². The molecule has 1 aliphatic rings. The molecule has 2 amide bonds. The number of rotatable bonds is 5. The van der Waals surface area contributed by atoms with Crippen molar-refractivity contribution < 1.29 is 9.59 Å². The SMILES string of the molecule is CCn1c(CNC(=O)c2sc3ccccc3c2C2CCN(C(C)=O)C2)nc2ccccc21. The Morgan fingerprint density at radius 3 is 2.72 bits per heavy atom. The third-order valence-electron chi connectivity index (χ3n) is 6.34. The minimum atomic E-state index is -0.0721. The Bertz CT molecular complexity index is 1320. The highest BCUT2D eigenvalue weighted by Crippen LogP contribution is 2.40. The molecule has 5 rings (SSSR count). The average molecular weight is 447 g/mol. The number of aromatic nitrogens is 2. The quantitative estimate of drug-likeness (QED) is 0.490. The first-order chi connectivity index (χ1) is 15.6. The van der Waals surface area contributed by atoms with Crippen LogP contribution in [0.3, 0.4) is 0 Å². The predicted molar refractivity (Wildman–Crippen MR) is 128 cm³/mol. The summed E-state index contributed by atoms with van der Waals surface area (Å²) in [6, 6.07) is 16.2. The lowest BCUT2D eigenvalue weighted by molar-refractivity contribution is -0.127. The molecular weight excluding hydrogens is 420 g/mol. The van der Waals surface area contributed by atoms with Gasteiger partial charge in [0.1, 0.15) is 5.82 Å². The first-order valence-corrected chi connectivity index (χ1v) is 11.9. The molecule has 7 heteroatoms. The zero-order valence-electron chi connectivity index (χ0n) is 18.3. The molecule has 0 spiro atoms. The van der Waals surface area contributed by atoms with E-state index in [1.165, 1.54) is 11.3 Å². The van der Waals surface area contributed by atoms with Crippen molar-refractivity contribution in [3.63, 3.8) is 0 Å². The van der Waals surface area contributed by atoms with Gasteiger partial charge >= 0.3 is 0 Å². The van der Waals surface area contributed by atoms with Gasteiger partial charge in [-0.3, -0.25) is 9.59 Å². The van der Waals surface area contributed by atoms with Gasteiger partial charge in [-0.15, -0.1) is 11.3 Å². The Kier molecular flexibility index (Phi) is 5.43. The van der Waals surface area contributed by atoms with Gasteiger partial charge in [-0.1, -0.05) is 30.3 Å². The van der Waals surface area contributed by atoms with E-state index in [2.05, 4.69) is 35.0 Å². The van der Waals surface area contributed by atoms with Gasteiger partial charge in [0.15, 0.2) is 0 Å². The number of carbonyl (C=O) groups is 2. The van der Waals surface area contributed by atoms with Gasteiger partial charge < -0.3 is 14.8 Å². The number of para-hydroxylation sites is 2. The first kappa shape index (κ1) is 20.7. The fourth-order valence-electron chi connectivity index (χ4n) is 4.77. The number of benzene rings is 2. The van der Waals surface area contributed by atoms with Gasteiger partial charge in [-0.05, 0) is 42.5 Å². The van der Waals surface area contributed by atoms with Gasteiger partial charge in [0.2, 0.25) is 5.91 Å². The summed E-state index contributed by atoms with van der Waals surface area (Å²) in [6.45, 7) is 6.28. The van der Waals surface area contributed by atoms with Crippen LogP contribution in [0.4, 0.5) is 0 Å². The second-order valence-corrected chi connectivity index (χ2v) is 9.29. The molecule has 3 heterocycles. The molecule has 2 aromatic heterocycles. The summed E-state index contributed by atoms with van der Waals surface area (Å²) >= 11 is 1.54. The molecule has 0 radical (unpaired) electrons. The molecule has 0 aliphatic carbocycles. The largest absolute Gasteiger partial charge is 0.344 e. The van der Waals surface area contributed by atoms with Crippen molar-refractivity contribution in [3.05, 3.63) is 64.8 Å². The molecule has 1 aliphatic heterocycles. The average Bonchev–Trinajstić information content (AvgIpc) is 3.51. The van der Waals surface area contributed by atoms with Gasteiger partial charge in [-0.25, -0.2) is 4.98 Å². The summed E-state index contributed by atoms with van der Waals surface area (Å²) in [4.78, 5) is 32.6. The lowest BCUT2D eigenvalue weighted by atomic mass is 9.95. The van der Waals surface area contributed by atoms with Crippen LogP contribution in [0.1, 0.15) is 47.2 Å². The number of carbonyl (C=O) groups excluding carboxylic acids is 2. The fraction of sp³-hybridized carbons (Fsp3) is 0.320. The highest BCUT2D eigenvalue weighted by molar-refractivity contribution is 7.21. The molecule has 1 N–H and O–H groups in total. The molecule has 0 bridgehead atoms. The van der Waals surface area contributed by atoms with E-state index in [0.29, 0.717) is 13.1 Å². The van der Waals surface area contributed by atoms with Crippen LogP contribution in [0.25, 0.3) is 21.1 Å². The van der Waals surface area contributed by atoms with Crippen molar-refractivity contribution in [1.29, 1.82) is 0 Å². The van der Waals surface area contributed by atoms with Crippen LogP contribution in [0.2, 0.25) is 0 Å². The van der Waals surface area contributed by atoms with Crippen LogP contribution in [0, 0.1) is 0 Å². The first-order valence-electron chi connectivity index (χ1n) is 11.1. The Morgan fingerprint density at radius 1 is 1.16 bits per heavy atom. The molecule has 6 nitrogen and oxygen atoms in total. The molecule has 32 heavy (non-hydrogen) atoms. The maximum absolute atomic E-state index is 13.4. The Morgan fingerprint density at radius 2 is 1.94 bits per heavy atom. The number of thiophene rings is 1. The summed E-state index contributed by atoms with van der Waals surface area (Å²) < 4.78 is 3.25. The molecule has 1 atom stereocenters. The van der Waals surface area contributed by atoms with E-state index in [0.717, 1.165) is 56.9 Å². The number of nitrogens with zero attached hydrogens (tertiary/aromatic N) is 3. The summed E-state index contributed by atoms with van der Waals surface area (Å²) in [7, 11) is 0. The number of nitrogens with one attached hydrogen (secondary N) is 1. The number of fused-ring (bicyclic) bond motifs is 2. The van der Waals surface area contributed by atoms with Crippen molar-refractivity contribution in [2.24, 2.45) is 0 Å². The molecular formula is C25H26N4O2S. The minimum absolute atomic E-state index is 0.0721. The monoisotopic (exact) mass is 446 g/mol. The second-order valence-electron chi connectivity index (χ2n) is 8.24. The van der Waals surface area contributed by atoms with Crippen molar-refractivity contribution in [2.75, 3.05) is 13.1 Å². The van der Waals surface area contributed by atoms with E-state index < -0.39 is 0 Å². The van der Waals surface area contributed by atoms with E-state index in [9.17, 15) is 9.59 Å². The summed E-state index contributed by atoms with van der Waals surface area (Å²) in [5, 5.41) is 4.24. The van der Waals surface area contributed by atoms with Crippen LogP contribution in [-0.4, -0.2) is 39.4 Å². The van der Waals surface area contributed by atoms with Gasteiger partial charge in [0.05, 0.1) is 22.5 Å². The van der Waals surface area contributed by atoms with Crippen LogP contribution in [0.5, 0.6) is 0 Å². The number of aryl methyl sites for hydroxylation is 1. The zero-order valence-corrected chi connectivity index (χ0v) is 19.1. The standard InChI is InChI=1S/C25H26N4O2S/c1-3-29-20-10-6-5-9-19(20)27-22(29)14-26-25(31)24-23(17-12-13-28(15-17)16(2)30)18-8-4-7-11-21(18)32-24/h4-11,17H,3,12-15H2,1-2H3,(H,26,31). The number of imidazole rings is 1. The van der Waals surface area contributed by atoms with E-state index in [1.54, 1.807) is 6.92 Å². The number of amides is 2. The number of hydrogen-bond donors (Lipinski definition) is 1. The minimum Gasteiger partial charge on any atom is -0.344 e. The van der Waals surface area contributed by atoms with Crippen LogP contribution >= 0.6 is 11.3 Å². The number of likely N-dealkylation sites (tertiary alicyclic amines) is 1. The van der Waals surface area contributed by atoms with Gasteiger partial charge in [-0.2, -0.15) is 0 Å². The molecule has 0 saturated carbocycles. The zero-order chi connectivity index (χ0) is 22.2. The van der Waals surface area contributed by atoms with E-state index in [-0.39, 0.29) is 17.7 Å². The molecule has 1 unspecified atom stereocenters. The third-order valence-corrected chi connectivity index (χ3v) is 7.52. The van der Waals surface area contributed by atoms with Crippen molar-refractivity contribution in [3.8, 4) is 0 Å². The van der Waals surface area contributed by atoms with Crippen molar-refractivity contribution in [1.82, 2.24) is 19.8 Å². The molecule has 4 aromatic rings. The maximum atomic E-state index is 13.4. The lowest BCUT2D eigenvalue weighted by Gasteiger charge is -2.15. The molecule has 1 saturated heterocycles. The smallest absolute Gasteiger partial charge is 0.262 e. The van der Waals surface area contributed by atoms with Crippen molar-refractivity contribution >= 4 is 44.3 Å². The van der Waals surface area contributed by atoms with E-state index in [1.807, 2.05) is 35.2 Å². The third kappa shape index (κ3) is 3.56. The Balaban J connectivity index is 1.45. The predicted octanol–water partition coefficient (Wildman–Crippen LogP) is 4.54. The summed E-state index contributed by atoms with van der Waals surface area (Å²) in [5.41, 5.74) is 3.10. The fourth-order valence-corrected chi connectivity index (χ4v) is 5.98. The topological polar surface area (TPSA) is 67.2 Å². The lowest BCUT2D eigenvalue weighted by Crippen LogP contribution is -2.27. The summed E-state index contributed by atoms with van der Waals surface area (Å²) in [6.07, 6.45) is 0.881. The van der Waals surface area contributed by atoms with Crippen LogP contribution < -0.4 is 5.32 Å². The molecule has 2 aromatic carbocycles. The second kappa shape index (κ2) is 8.39. The van der Waals surface area contributed by atoms with Gasteiger partial charge in [0, 0.05) is 37.2 Å². The van der Waals surface area contributed by atoms with E-state index in [4.69, 9.17) is 4.98 Å². The summed E-state index contributed by atoms with van der Waals surface area (Å²) in [5.74, 6) is 1.05.